The number of benzene rings is 1. The Balaban J connectivity index is 1.84. The summed E-state index contributed by atoms with van der Waals surface area (Å²) in [6.45, 7) is 8.51. The second-order valence-electron chi connectivity index (χ2n) is 6.67. The number of nitrogens with zero attached hydrogens (tertiary/aromatic N) is 1. The van der Waals surface area contributed by atoms with E-state index in [4.69, 9.17) is 0 Å². The summed E-state index contributed by atoms with van der Waals surface area (Å²) in [6.07, 6.45) is 0. The van der Waals surface area contributed by atoms with Crippen LogP contribution in [0.15, 0.2) is 52.8 Å². The smallest absolute Gasteiger partial charge is 0.242 e. The van der Waals surface area contributed by atoms with Crippen molar-refractivity contribution in [1.29, 1.82) is 0 Å². The van der Waals surface area contributed by atoms with Crippen molar-refractivity contribution in [3.8, 4) is 0 Å². The van der Waals surface area contributed by atoms with Gasteiger partial charge < -0.3 is 16.0 Å². The summed E-state index contributed by atoms with van der Waals surface area (Å²) in [6, 6.07) is 14.1. The Bertz CT molecular complexity index is 696. The van der Waals surface area contributed by atoms with E-state index in [1.54, 1.807) is 11.3 Å². The van der Waals surface area contributed by atoms with Crippen LogP contribution in [0.2, 0.25) is 0 Å². The van der Waals surface area contributed by atoms with E-state index in [0.717, 1.165) is 18.7 Å². The molecule has 0 atom stereocenters. The van der Waals surface area contributed by atoms with Crippen LogP contribution in [0.1, 0.15) is 31.2 Å². The van der Waals surface area contributed by atoms with Gasteiger partial charge in [-0.25, -0.2) is 4.99 Å². The molecular formula is C20H28N4OS. The van der Waals surface area contributed by atoms with E-state index in [0.29, 0.717) is 12.5 Å². The predicted octanol–water partition coefficient (Wildman–Crippen LogP) is 2.90. The molecule has 0 aliphatic carbocycles. The normalized spacial score (nSPS) is 11.9. The Hall–Kier alpha value is -2.34. The van der Waals surface area contributed by atoms with Crippen molar-refractivity contribution in [3.05, 3.63) is 58.3 Å². The van der Waals surface area contributed by atoms with Crippen molar-refractivity contribution < 1.29 is 4.79 Å². The largest absolute Gasteiger partial charge is 0.357 e. The summed E-state index contributed by atoms with van der Waals surface area (Å²) in [5.41, 5.74) is 1.08. The first-order chi connectivity index (χ1) is 12.5. The van der Waals surface area contributed by atoms with Gasteiger partial charge in [-0.05, 0) is 23.9 Å². The number of guanidine groups is 1. The Kier molecular flexibility index (Phi) is 7.66. The Morgan fingerprint density at radius 1 is 1.08 bits per heavy atom. The van der Waals surface area contributed by atoms with Crippen molar-refractivity contribution in [3.63, 3.8) is 0 Å². The minimum atomic E-state index is -0.0939. The first kappa shape index (κ1) is 20.0. The van der Waals surface area contributed by atoms with E-state index in [1.807, 2.05) is 37.3 Å². The molecule has 0 saturated carbocycles. The topological polar surface area (TPSA) is 65.5 Å². The van der Waals surface area contributed by atoms with Gasteiger partial charge in [0.15, 0.2) is 5.96 Å². The van der Waals surface area contributed by atoms with Crippen LogP contribution in [0.3, 0.4) is 0 Å². The average Bonchev–Trinajstić information content (AvgIpc) is 3.19. The van der Waals surface area contributed by atoms with Gasteiger partial charge in [0.25, 0.3) is 0 Å². The van der Waals surface area contributed by atoms with Gasteiger partial charge in [0, 0.05) is 29.9 Å². The van der Waals surface area contributed by atoms with E-state index < -0.39 is 0 Å². The van der Waals surface area contributed by atoms with E-state index >= 15 is 0 Å². The number of amides is 1. The lowest BCUT2D eigenvalue weighted by molar-refractivity contribution is -0.119. The quantitative estimate of drug-likeness (QED) is 0.493. The van der Waals surface area contributed by atoms with Crippen LogP contribution in [-0.2, 0) is 16.8 Å². The third-order valence-corrected chi connectivity index (χ3v) is 5.18. The zero-order chi connectivity index (χ0) is 18.8. The molecule has 6 heteroatoms. The molecule has 0 bridgehead atoms. The Morgan fingerprint density at radius 3 is 2.50 bits per heavy atom. The summed E-state index contributed by atoms with van der Waals surface area (Å²) < 4.78 is 0. The van der Waals surface area contributed by atoms with Gasteiger partial charge in [0.1, 0.15) is 6.54 Å². The minimum absolute atomic E-state index is 0.0000731. The summed E-state index contributed by atoms with van der Waals surface area (Å²) in [5.74, 6) is 0.565. The molecule has 140 valence electrons. The lowest BCUT2D eigenvalue weighted by Crippen LogP contribution is -2.43. The molecule has 26 heavy (non-hydrogen) atoms. The summed E-state index contributed by atoms with van der Waals surface area (Å²) >= 11 is 1.75. The molecular weight excluding hydrogens is 344 g/mol. The average molecular weight is 373 g/mol. The van der Waals surface area contributed by atoms with Gasteiger partial charge >= 0.3 is 0 Å². The number of carbonyl (C=O) groups excluding carboxylic acids is 1. The highest BCUT2D eigenvalue weighted by molar-refractivity contribution is 7.10. The number of hydrogen-bond donors (Lipinski definition) is 3. The van der Waals surface area contributed by atoms with E-state index in [9.17, 15) is 4.79 Å². The van der Waals surface area contributed by atoms with Crippen LogP contribution in [0.5, 0.6) is 0 Å². The van der Waals surface area contributed by atoms with Gasteiger partial charge in [-0.1, -0.05) is 50.2 Å². The molecule has 1 heterocycles. The van der Waals surface area contributed by atoms with E-state index in [1.165, 1.54) is 4.88 Å². The second-order valence-corrected chi connectivity index (χ2v) is 7.62. The number of aliphatic imine (C=N–C) groups is 1. The maximum absolute atomic E-state index is 12.0. The Morgan fingerprint density at radius 2 is 1.85 bits per heavy atom. The maximum Gasteiger partial charge on any atom is 0.242 e. The molecule has 0 radical (unpaired) electrons. The van der Waals surface area contributed by atoms with E-state index in [2.05, 4.69) is 52.3 Å². The first-order valence-corrected chi connectivity index (χ1v) is 9.76. The molecule has 0 spiro atoms. The van der Waals surface area contributed by atoms with Crippen molar-refractivity contribution in [2.24, 2.45) is 4.99 Å². The minimum Gasteiger partial charge on any atom is -0.357 e. The molecule has 2 rings (SSSR count). The molecule has 2 aromatic rings. The van der Waals surface area contributed by atoms with Gasteiger partial charge in [-0.15, -0.1) is 11.3 Å². The molecule has 1 amide bonds. The number of hydrogen-bond acceptors (Lipinski definition) is 3. The monoisotopic (exact) mass is 372 g/mol. The molecule has 0 saturated heterocycles. The Labute approximate surface area is 159 Å². The summed E-state index contributed by atoms with van der Waals surface area (Å²) in [5, 5.41) is 11.5. The molecule has 5 nitrogen and oxygen atoms in total. The van der Waals surface area contributed by atoms with Gasteiger partial charge in [-0.3, -0.25) is 4.79 Å². The highest BCUT2D eigenvalue weighted by Gasteiger charge is 2.21. The predicted molar refractivity (Wildman–Crippen MR) is 110 cm³/mol. The fourth-order valence-corrected chi connectivity index (χ4v) is 3.25. The van der Waals surface area contributed by atoms with Crippen LogP contribution in [0, 0.1) is 0 Å². The third kappa shape index (κ3) is 6.52. The number of carbonyl (C=O) groups is 1. The van der Waals surface area contributed by atoms with Crippen LogP contribution in [-0.4, -0.2) is 31.5 Å². The summed E-state index contributed by atoms with van der Waals surface area (Å²) in [4.78, 5) is 17.8. The van der Waals surface area contributed by atoms with Gasteiger partial charge in [0.2, 0.25) is 5.91 Å². The fraction of sp³-hybridized carbons (Fsp3) is 0.400. The van der Waals surface area contributed by atoms with Crippen LogP contribution in [0.25, 0.3) is 0 Å². The summed E-state index contributed by atoms with van der Waals surface area (Å²) in [7, 11) is 0. The standard InChI is InChI=1S/C20H28N4OS/c1-4-21-19(24-15-20(2,3)17-11-8-12-26-17)23-14-18(25)22-13-16-9-6-5-7-10-16/h5-12H,4,13-15H2,1-3H3,(H,22,25)(H2,21,23,24). The van der Waals surface area contributed by atoms with Gasteiger partial charge in [0.05, 0.1) is 0 Å². The lowest BCUT2D eigenvalue weighted by Gasteiger charge is -2.25. The van der Waals surface area contributed by atoms with Gasteiger partial charge in [-0.2, -0.15) is 0 Å². The molecule has 1 aromatic carbocycles. The molecule has 0 fully saturated rings. The maximum atomic E-state index is 12.0. The molecule has 0 unspecified atom stereocenters. The number of thiophene rings is 1. The SMILES string of the molecule is CCNC(=NCC(=O)NCc1ccccc1)NCC(C)(C)c1cccs1. The van der Waals surface area contributed by atoms with Crippen LogP contribution in [0.4, 0.5) is 0 Å². The highest BCUT2D eigenvalue weighted by Crippen LogP contribution is 2.26. The number of nitrogens with one attached hydrogen (secondary N) is 3. The second kappa shape index (κ2) is 9.97. The molecule has 0 aliphatic heterocycles. The van der Waals surface area contributed by atoms with Crippen molar-refractivity contribution in [1.82, 2.24) is 16.0 Å². The molecule has 0 aliphatic rings. The zero-order valence-corrected chi connectivity index (χ0v) is 16.5. The van der Waals surface area contributed by atoms with Crippen molar-refractivity contribution in [2.75, 3.05) is 19.6 Å². The van der Waals surface area contributed by atoms with Crippen molar-refractivity contribution in [2.45, 2.75) is 32.7 Å². The van der Waals surface area contributed by atoms with E-state index in [-0.39, 0.29) is 17.9 Å². The van der Waals surface area contributed by atoms with Crippen LogP contribution >= 0.6 is 11.3 Å². The first-order valence-electron chi connectivity index (χ1n) is 8.88. The van der Waals surface area contributed by atoms with Crippen LogP contribution < -0.4 is 16.0 Å². The fourth-order valence-electron chi connectivity index (χ4n) is 2.40. The highest BCUT2D eigenvalue weighted by atomic mass is 32.1. The van der Waals surface area contributed by atoms with Crippen molar-refractivity contribution >= 4 is 23.2 Å². The molecule has 3 N–H and O–H groups in total. The third-order valence-electron chi connectivity index (χ3n) is 3.94. The number of rotatable bonds is 8. The zero-order valence-electron chi connectivity index (χ0n) is 15.7. The molecule has 1 aromatic heterocycles. The lowest BCUT2D eigenvalue weighted by atomic mass is 9.91.